The number of aromatic amines is 1. The highest BCUT2D eigenvalue weighted by molar-refractivity contribution is 7.09. The van der Waals surface area contributed by atoms with Gasteiger partial charge < -0.3 is 14.8 Å². The van der Waals surface area contributed by atoms with Gasteiger partial charge in [0.1, 0.15) is 29.0 Å². The van der Waals surface area contributed by atoms with E-state index in [0.717, 1.165) is 22.1 Å². The minimum atomic E-state index is -1.01. The molecule has 2 aromatic heterocycles. The fourth-order valence-corrected chi connectivity index (χ4v) is 4.23. The molecule has 4 aromatic rings. The number of aryl methyl sites for hydroxylation is 3. The van der Waals surface area contributed by atoms with Crippen LogP contribution in [0.25, 0.3) is 0 Å². The number of imidazole rings is 1. The molecule has 164 valence electrons. The van der Waals surface area contributed by atoms with Crippen molar-refractivity contribution in [3.63, 3.8) is 0 Å². The van der Waals surface area contributed by atoms with Crippen molar-refractivity contribution in [3.8, 4) is 5.75 Å². The normalized spacial score (nSPS) is 11.9. The first kappa shape index (κ1) is 21.7. The lowest BCUT2D eigenvalue weighted by Gasteiger charge is -2.15. The number of H-pyrrole nitrogens is 1. The molecule has 0 saturated heterocycles. The first-order chi connectivity index (χ1) is 15.5. The maximum absolute atomic E-state index is 13.1. The minimum absolute atomic E-state index is 0.136. The molecule has 1 unspecified atom stereocenters. The second kappa shape index (κ2) is 9.74. The van der Waals surface area contributed by atoms with Crippen molar-refractivity contribution in [2.45, 2.75) is 25.7 Å². The van der Waals surface area contributed by atoms with E-state index in [1.807, 2.05) is 12.3 Å². The number of carboxylic acids is 1. The molecule has 0 amide bonds. The second-order valence-electron chi connectivity index (χ2n) is 7.41. The Kier molecular flexibility index (Phi) is 6.61. The highest BCUT2D eigenvalue weighted by Crippen LogP contribution is 2.27. The molecule has 32 heavy (non-hydrogen) atoms. The number of carboxylic acid groups (broad SMARTS) is 1. The van der Waals surface area contributed by atoms with Crippen LogP contribution in [0.2, 0.25) is 0 Å². The maximum Gasteiger partial charge on any atom is 0.336 e. The van der Waals surface area contributed by atoms with E-state index < -0.39 is 5.97 Å². The third kappa shape index (κ3) is 5.20. The summed E-state index contributed by atoms with van der Waals surface area (Å²) in [6.45, 7) is 2.18. The van der Waals surface area contributed by atoms with Crippen molar-refractivity contribution in [3.05, 3.63) is 99.3 Å². The van der Waals surface area contributed by atoms with E-state index in [1.54, 1.807) is 42.7 Å². The molecule has 2 N–H and O–H groups in total. The Morgan fingerprint density at radius 2 is 2.00 bits per heavy atom. The zero-order valence-electron chi connectivity index (χ0n) is 17.4. The quantitative estimate of drug-likeness (QED) is 0.374. The number of ether oxygens (including phenoxy) is 1. The summed E-state index contributed by atoms with van der Waals surface area (Å²) in [5.74, 6) is -0.151. The number of halogens is 1. The van der Waals surface area contributed by atoms with Crippen LogP contribution in [0.4, 0.5) is 4.39 Å². The first-order valence-electron chi connectivity index (χ1n) is 10.1. The van der Waals surface area contributed by atoms with Gasteiger partial charge in [0, 0.05) is 23.5 Å². The minimum Gasteiger partial charge on any atom is -0.492 e. The van der Waals surface area contributed by atoms with Crippen molar-refractivity contribution in [1.82, 2.24) is 15.0 Å². The molecule has 0 spiro atoms. The number of benzene rings is 2. The summed E-state index contributed by atoms with van der Waals surface area (Å²) in [7, 11) is 0. The fraction of sp³-hybridized carbons (Fsp3) is 0.208. The molecule has 0 bridgehead atoms. The number of hydrogen-bond donors (Lipinski definition) is 2. The molecular weight excluding hydrogens is 429 g/mol. The van der Waals surface area contributed by atoms with Crippen molar-refractivity contribution in [1.29, 1.82) is 0 Å². The van der Waals surface area contributed by atoms with Crippen molar-refractivity contribution >= 4 is 17.3 Å². The van der Waals surface area contributed by atoms with Gasteiger partial charge >= 0.3 is 5.97 Å². The third-order valence-electron chi connectivity index (χ3n) is 5.17. The Hall–Kier alpha value is -3.52. The summed E-state index contributed by atoms with van der Waals surface area (Å²) in [6.07, 6.45) is 4.66. The summed E-state index contributed by atoms with van der Waals surface area (Å²) in [5.41, 5.74) is 2.75. The molecular formula is C24H22FN3O3S. The Bertz CT molecular complexity index is 1190. The van der Waals surface area contributed by atoms with Crippen LogP contribution in [0, 0.1) is 12.7 Å². The molecule has 2 aromatic carbocycles. The summed E-state index contributed by atoms with van der Waals surface area (Å²) in [5, 5.41) is 12.5. The summed E-state index contributed by atoms with van der Waals surface area (Å²) in [6, 6.07) is 11.4. The Labute approximate surface area is 188 Å². The van der Waals surface area contributed by atoms with Crippen LogP contribution < -0.4 is 4.74 Å². The number of nitrogens with one attached hydrogen (secondary N) is 1. The summed E-state index contributed by atoms with van der Waals surface area (Å²) >= 11 is 1.53. The van der Waals surface area contributed by atoms with E-state index in [9.17, 15) is 14.3 Å². The molecule has 8 heteroatoms. The number of aromatic nitrogens is 3. The number of thiazole rings is 1. The lowest BCUT2D eigenvalue weighted by molar-refractivity contribution is 0.0695. The van der Waals surface area contributed by atoms with Crippen LogP contribution in [0.3, 0.4) is 0 Å². The van der Waals surface area contributed by atoms with Crippen molar-refractivity contribution in [2.24, 2.45) is 0 Å². The maximum atomic E-state index is 13.1. The zero-order chi connectivity index (χ0) is 22.5. The summed E-state index contributed by atoms with van der Waals surface area (Å²) < 4.78 is 19.1. The first-order valence-corrected chi connectivity index (χ1v) is 11.0. The van der Waals surface area contributed by atoms with Gasteiger partial charge in [0.05, 0.1) is 11.5 Å². The van der Waals surface area contributed by atoms with Gasteiger partial charge in [0.2, 0.25) is 0 Å². The third-order valence-corrected chi connectivity index (χ3v) is 6.06. The Morgan fingerprint density at radius 3 is 2.66 bits per heavy atom. The number of rotatable bonds is 9. The highest BCUT2D eigenvalue weighted by atomic mass is 32.1. The molecule has 4 rings (SSSR count). The van der Waals surface area contributed by atoms with Gasteiger partial charge in [0.25, 0.3) is 0 Å². The monoisotopic (exact) mass is 451 g/mol. The van der Waals surface area contributed by atoms with Gasteiger partial charge in [0.15, 0.2) is 0 Å². The molecule has 0 aliphatic heterocycles. The average Bonchev–Trinajstić information content (AvgIpc) is 3.46. The highest BCUT2D eigenvalue weighted by Gasteiger charge is 2.21. The lowest BCUT2D eigenvalue weighted by Crippen LogP contribution is -2.13. The topological polar surface area (TPSA) is 88.1 Å². The largest absolute Gasteiger partial charge is 0.492 e. The molecule has 0 fully saturated rings. The van der Waals surface area contributed by atoms with Crippen LogP contribution in [0.5, 0.6) is 5.75 Å². The van der Waals surface area contributed by atoms with Gasteiger partial charge in [-0.15, -0.1) is 11.3 Å². The molecule has 6 nitrogen and oxygen atoms in total. The second-order valence-corrected chi connectivity index (χ2v) is 8.33. The van der Waals surface area contributed by atoms with Crippen LogP contribution in [0.1, 0.15) is 43.9 Å². The molecule has 1 atom stereocenters. The molecule has 0 saturated carbocycles. The predicted octanol–water partition coefficient (Wildman–Crippen LogP) is 5.01. The lowest BCUT2D eigenvalue weighted by atomic mass is 9.99. The predicted molar refractivity (Wildman–Crippen MR) is 120 cm³/mol. The molecule has 0 radical (unpaired) electrons. The fourth-order valence-electron chi connectivity index (χ4n) is 3.49. The van der Waals surface area contributed by atoms with Gasteiger partial charge in [-0.3, -0.25) is 0 Å². The number of carbonyl (C=O) groups is 1. The van der Waals surface area contributed by atoms with Gasteiger partial charge in [-0.05, 0) is 55.2 Å². The van der Waals surface area contributed by atoms with Gasteiger partial charge in [-0.25, -0.2) is 19.2 Å². The molecule has 0 aliphatic carbocycles. The number of aromatic carboxylic acids is 1. The van der Waals surface area contributed by atoms with E-state index in [-0.39, 0.29) is 17.3 Å². The number of hydrogen-bond acceptors (Lipinski definition) is 5. The van der Waals surface area contributed by atoms with E-state index in [1.165, 1.54) is 23.5 Å². The van der Waals surface area contributed by atoms with E-state index >= 15 is 0 Å². The Balaban J connectivity index is 1.49. The van der Waals surface area contributed by atoms with Crippen molar-refractivity contribution in [2.75, 3.05) is 6.61 Å². The SMILES string of the molecule is Cc1ncc(C(COc2ccc(CCc3ccc(F)cc3)c(C(=O)O)c2)c2nccs2)[nH]1. The smallest absolute Gasteiger partial charge is 0.336 e. The van der Waals surface area contributed by atoms with Crippen LogP contribution in [-0.4, -0.2) is 32.6 Å². The van der Waals surface area contributed by atoms with Crippen LogP contribution in [-0.2, 0) is 12.8 Å². The van der Waals surface area contributed by atoms with E-state index in [2.05, 4.69) is 15.0 Å². The van der Waals surface area contributed by atoms with Crippen LogP contribution in [0.15, 0.2) is 60.2 Å². The van der Waals surface area contributed by atoms with Gasteiger partial charge in [-0.1, -0.05) is 18.2 Å². The number of nitrogens with zero attached hydrogens (tertiary/aromatic N) is 2. The molecule has 2 heterocycles. The zero-order valence-corrected chi connectivity index (χ0v) is 18.2. The van der Waals surface area contributed by atoms with Crippen LogP contribution >= 0.6 is 11.3 Å². The van der Waals surface area contributed by atoms with E-state index in [0.29, 0.717) is 30.8 Å². The van der Waals surface area contributed by atoms with Gasteiger partial charge in [-0.2, -0.15) is 0 Å². The van der Waals surface area contributed by atoms with Crippen molar-refractivity contribution < 1.29 is 19.0 Å². The molecule has 0 aliphatic rings. The average molecular weight is 452 g/mol. The van der Waals surface area contributed by atoms with E-state index in [4.69, 9.17) is 4.74 Å². The summed E-state index contributed by atoms with van der Waals surface area (Å²) in [4.78, 5) is 23.8. The standard InChI is InChI=1S/C24H22FN3O3S/c1-15-27-13-22(28-15)21(23-26-10-11-32-23)14-31-19-9-6-17(20(12-19)24(29)30)5-2-16-3-7-18(25)8-4-16/h3-4,6-13,21H,2,5,14H2,1H3,(H,27,28)(H,29,30). The Morgan fingerprint density at radius 1 is 1.19 bits per heavy atom.